The molecule has 11 nitrogen and oxygen atoms in total. The molecule has 1 aliphatic heterocycles. The van der Waals surface area contributed by atoms with E-state index in [0.29, 0.717) is 0 Å². The maximum absolute atomic E-state index is 13.5. The number of piperidine rings is 1. The van der Waals surface area contributed by atoms with Gasteiger partial charge in [0.15, 0.2) is 0 Å². The Morgan fingerprint density at radius 3 is 2.09 bits per heavy atom. The highest BCUT2D eigenvalue weighted by atomic mass is 16.6. The molecule has 0 saturated carbocycles. The number of carboxylic acids is 2. The first-order valence-corrected chi connectivity index (χ1v) is 11.3. The van der Waals surface area contributed by atoms with Crippen LogP contribution in [0, 0.1) is 0 Å². The van der Waals surface area contributed by atoms with Crippen LogP contribution in [0.15, 0.2) is 30.3 Å². The van der Waals surface area contributed by atoms with E-state index < -0.39 is 59.4 Å². The number of rotatable bonds is 8. The van der Waals surface area contributed by atoms with E-state index in [1.807, 2.05) is 6.07 Å². The summed E-state index contributed by atoms with van der Waals surface area (Å²) in [6.45, 7) is 7.23. The fourth-order valence-corrected chi connectivity index (χ4v) is 3.87. The summed E-state index contributed by atoms with van der Waals surface area (Å²) in [5.41, 5.74) is -0.954. The lowest BCUT2D eigenvalue weighted by Gasteiger charge is -2.41. The highest BCUT2D eigenvalue weighted by molar-refractivity contribution is 5.95. The first kappa shape index (κ1) is 27.6. The highest BCUT2D eigenvalue weighted by Gasteiger charge is 2.45. The van der Waals surface area contributed by atoms with Crippen LogP contribution in [0.2, 0.25) is 0 Å². The summed E-state index contributed by atoms with van der Waals surface area (Å²) in [6, 6.07) is 6.27. The summed E-state index contributed by atoms with van der Waals surface area (Å²) in [5.74, 6) is -4.13. The van der Waals surface area contributed by atoms with Gasteiger partial charge in [-0.1, -0.05) is 30.3 Å². The second-order valence-electron chi connectivity index (χ2n) is 9.61. The Bertz CT molecular complexity index is 949. The minimum Gasteiger partial charge on any atom is -0.481 e. The van der Waals surface area contributed by atoms with Crippen LogP contribution in [0.1, 0.15) is 52.5 Å². The molecule has 4 N–H and O–H groups in total. The van der Waals surface area contributed by atoms with Crippen molar-refractivity contribution in [3.8, 4) is 0 Å². The SMILES string of the molecule is C[C@H](NC(=O)C1(c2ccccc2)CCN(C(=O)OC(C)(C)C)CC1)C(=O)N[C@@H](CC(=O)O)C(=O)O. The maximum Gasteiger partial charge on any atom is 0.410 e. The maximum atomic E-state index is 13.5. The number of carboxylic acid groups (broad SMARTS) is 2. The summed E-state index contributed by atoms with van der Waals surface area (Å²) >= 11 is 0. The smallest absolute Gasteiger partial charge is 0.410 e. The van der Waals surface area contributed by atoms with E-state index in [2.05, 4.69) is 10.6 Å². The average Bonchev–Trinajstić information content (AvgIpc) is 2.77. The fourth-order valence-electron chi connectivity index (χ4n) is 3.87. The molecule has 0 aliphatic carbocycles. The zero-order valence-corrected chi connectivity index (χ0v) is 20.4. The van der Waals surface area contributed by atoms with E-state index in [1.165, 1.54) is 6.92 Å². The molecular weight excluding hydrogens is 458 g/mol. The Labute approximate surface area is 203 Å². The van der Waals surface area contributed by atoms with Crippen LogP contribution in [-0.4, -0.2) is 75.7 Å². The predicted octanol–water partition coefficient (Wildman–Crippen LogP) is 1.50. The minimum atomic E-state index is -1.63. The van der Waals surface area contributed by atoms with Crippen molar-refractivity contribution < 1.29 is 38.9 Å². The molecule has 11 heteroatoms. The standard InChI is InChI=1S/C24H33N3O8/c1-15(19(30)26-17(20(31)32)14-18(28)29)25-21(33)24(16-8-6-5-7-9-16)10-12-27(13-11-24)22(34)35-23(2,3)4/h5-9,15,17H,10-14H2,1-4H3,(H,25,33)(H,26,30)(H,28,29)(H,31,32)/t15-,17-/m0/s1. The number of amides is 3. The van der Waals surface area contributed by atoms with Gasteiger partial charge in [-0.25, -0.2) is 9.59 Å². The molecule has 1 aromatic rings. The van der Waals surface area contributed by atoms with Gasteiger partial charge in [0.25, 0.3) is 0 Å². The monoisotopic (exact) mass is 491 g/mol. The van der Waals surface area contributed by atoms with E-state index in [9.17, 15) is 24.0 Å². The van der Waals surface area contributed by atoms with Crippen LogP contribution >= 0.6 is 0 Å². The van der Waals surface area contributed by atoms with Crippen molar-refractivity contribution in [3.05, 3.63) is 35.9 Å². The van der Waals surface area contributed by atoms with E-state index in [-0.39, 0.29) is 25.9 Å². The van der Waals surface area contributed by atoms with Crippen molar-refractivity contribution in [1.29, 1.82) is 0 Å². The topological polar surface area (TPSA) is 162 Å². The third kappa shape index (κ3) is 7.43. The normalized spacial score (nSPS) is 17.0. The molecule has 2 atom stereocenters. The number of hydrogen-bond donors (Lipinski definition) is 4. The van der Waals surface area contributed by atoms with Crippen LogP contribution in [0.4, 0.5) is 4.79 Å². The molecule has 0 spiro atoms. The van der Waals surface area contributed by atoms with Crippen molar-refractivity contribution in [2.45, 2.75) is 70.1 Å². The second kappa shape index (κ2) is 11.2. The summed E-state index contributed by atoms with van der Waals surface area (Å²) < 4.78 is 5.44. The molecule has 1 aliphatic rings. The van der Waals surface area contributed by atoms with Crippen LogP contribution in [0.3, 0.4) is 0 Å². The van der Waals surface area contributed by atoms with Crippen LogP contribution in [-0.2, 0) is 29.3 Å². The lowest BCUT2D eigenvalue weighted by Crippen LogP contribution is -2.57. The zero-order chi connectivity index (χ0) is 26.4. The Morgan fingerprint density at radius 2 is 1.60 bits per heavy atom. The number of likely N-dealkylation sites (tertiary alicyclic amines) is 1. The molecule has 3 amide bonds. The van der Waals surface area contributed by atoms with Gasteiger partial charge in [-0.2, -0.15) is 0 Å². The molecule has 35 heavy (non-hydrogen) atoms. The fraction of sp³-hybridized carbons (Fsp3) is 0.542. The van der Waals surface area contributed by atoms with Crippen LogP contribution in [0.25, 0.3) is 0 Å². The van der Waals surface area contributed by atoms with Crippen molar-refractivity contribution in [2.24, 2.45) is 0 Å². The molecule has 0 radical (unpaired) electrons. The molecule has 192 valence electrons. The van der Waals surface area contributed by atoms with Gasteiger partial charge >= 0.3 is 18.0 Å². The van der Waals surface area contributed by atoms with Crippen LogP contribution in [0.5, 0.6) is 0 Å². The minimum absolute atomic E-state index is 0.261. The summed E-state index contributed by atoms with van der Waals surface area (Å²) in [5, 5.41) is 22.8. The number of ether oxygens (including phenoxy) is 1. The van der Waals surface area contributed by atoms with E-state index in [0.717, 1.165) is 5.56 Å². The Kier molecular flexibility index (Phi) is 8.83. The quantitative estimate of drug-likeness (QED) is 0.425. The molecule has 0 bridgehead atoms. The zero-order valence-electron chi connectivity index (χ0n) is 20.4. The largest absolute Gasteiger partial charge is 0.481 e. The number of hydrogen-bond acceptors (Lipinski definition) is 6. The predicted molar refractivity (Wildman–Crippen MR) is 125 cm³/mol. The van der Waals surface area contributed by atoms with Crippen molar-refractivity contribution in [1.82, 2.24) is 15.5 Å². The highest BCUT2D eigenvalue weighted by Crippen LogP contribution is 2.36. The number of aliphatic carboxylic acids is 2. The number of benzene rings is 1. The van der Waals surface area contributed by atoms with Crippen LogP contribution < -0.4 is 10.6 Å². The molecule has 2 rings (SSSR count). The van der Waals surface area contributed by atoms with Crippen molar-refractivity contribution in [3.63, 3.8) is 0 Å². The molecule has 1 fully saturated rings. The molecule has 1 saturated heterocycles. The van der Waals surface area contributed by atoms with Gasteiger partial charge in [0.05, 0.1) is 11.8 Å². The summed E-state index contributed by atoms with van der Waals surface area (Å²) in [7, 11) is 0. The third-order valence-corrected chi connectivity index (χ3v) is 5.76. The summed E-state index contributed by atoms with van der Waals surface area (Å²) in [6.07, 6.45) is -0.693. The second-order valence-corrected chi connectivity index (χ2v) is 9.61. The molecule has 1 aromatic carbocycles. The van der Waals surface area contributed by atoms with Gasteiger partial charge in [0, 0.05) is 13.1 Å². The lowest BCUT2D eigenvalue weighted by molar-refractivity contribution is -0.147. The molecule has 0 unspecified atom stereocenters. The number of carbonyl (C=O) groups is 5. The van der Waals surface area contributed by atoms with Gasteiger partial charge in [-0.3, -0.25) is 14.4 Å². The summed E-state index contributed by atoms with van der Waals surface area (Å²) in [4.78, 5) is 62.2. The number of carbonyl (C=O) groups excluding carboxylic acids is 3. The third-order valence-electron chi connectivity index (χ3n) is 5.76. The van der Waals surface area contributed by atoms with E-state index >= 15 is 0 Å². The van der Waals surface area contributed by atoms with Gasteiger partial charge in [-0.05, 0) is 46.1 Å². The average molecular weight is 492 g/mol. The van der Waals surface area contributed by atoms with Gasteiger partial charge in [-0.15, -0.1) is 0 Å². The molecule has 0 aromatic heterocycles. The van der Waals surface area contributed by atoms with Crippen molar-refractivity contribution in [2.75, 3.05) is 13.1 Å². The number of nitrogens with zero attached hydrogens (tertiary/aromatic N) is 1. The lowest BCUT2D eigenvalue weighted by atomic mass is 9.72. The van der Waals surface area contributed by atoms with Crippen molar-refractivity contribution >= 4 is 29.8 Å². The molecular formula is C24H33N3O8. The Hall–Kier alpha value is -3.63. The Morgan fingerprint density at radius 1 is 1.03 bits per heavy atom. The Balaban J connectivity index is 2.17. The van der Waals surface area contributed by atoms with E-state index in [4.69, 9.17) is 14.9 Å². The van der Waals surface area contributed by atoms with E-state index in [1.54, 1.807) is 49.9 Å². The number of nitrogens with one attached hydrogen (secondary N) is 2. The van der Waals surface area contributed by atoms with Gasteiger partial charge in [0.1, 0.15) is 17.7 Å². The molecule has 1 heterocycles. The first-order chi connectivity index (χ1) is 16.2. The van der Waals surface area contributed by atoms with Gasteiger partial charge < -0.3 is 30.5 Å². The van der Waals surface area contributed by atoms with Gasteiger partial charge in [0.2, 0.25) is 11.8 Å². The first-order valence-electron chi connectivity index (χ1n) is 11.3.